The van der Waals surface area contributed by atoms with Gasteiger partial charge < -0.3 is 9.84 Å². The summed E-state index contributed by atoms with van der Waals surface area (Å²) in [7, 11) is 1.52. The standard InChI is InChI=1S/C18H22O5/c1-10(19)15-14(21)9-18(3,22)17(11(2)20)16(15)12-6-5-7-13(8-12)23-4/h5-8,15-17,22H,9H2,1-4H3/t15-,16-,17+,18+/m0/s1. The van der Waals surface area contributed by atoms with Crippen LogP contribution in [0.25, 0.3) is 0 Å². The van der Waals surface area contributed by atoms with E-state index in [0.29, 0.717) is 11.3 Å². The number of hydrogen-bond donors (Lipinski definition) is 1. The molecule has 1 saturated carbocycles. The van der Waals surface area contributed by atoms with Crippen molar-refractivity contribution in [2.24, 2.45) is 11.8 Å². The van der Waals surface area contributed by atoms with Crippen molar-refractivity contribution in [3.05, 3.63) is 29.8 Å². The fraction of sp³-hybridized carbons (Fsp3) is 0.500. The van der Waals surface area contributed by atoms with E-state index in [9.17, 15) is 19.5 Å². The monoisotopic (exact) mass is 318 g/mol. The lowest BCUT2D eigenvalue weighted by molar-refractivity contribution is -0.151. The third-order valence-corrected chi connectivity index (χ3v) is 4.62. The minimum absolute atomic E-state index is 0.192. The Morgan fingerprint density at radius 1 is 1.26 bits per heavy atom. The van der Waals surface area contributed by atoms with Gasteiger partial charge >= 0.3 is 0 Å². The van der Waals surface area contributed by atoms with Crippen LogP contribution < -0.4 is 4.74 Å². The molecule has 0 saturated heterocycles. The molecule has 0 spiro atoms. The second-order valence-electron chi connectivity index (χ2n) is 6.48. The molecule has 0 aliphatic heterocycles. The van der Waals surface area contributed by atoms with Crippen molar-refractivity contribution in [2.75, 3.05) is 7.11 Å². The average Bonchev–Trinajstić information content (AvgIpc) is 2.44. The summed E-state index contributed by atoms with van der Waals surface area (Å²) >= 11 is 0. The number of Topliss-reactive ketones (excluding diaryl/α,β-unsaturated/α-hetero) is 3. The van der Waals surface area contributed by atoms with Crippen molar-refractivity contribution in [2.45, 2.75) is 38.7 Å². The van der Waals surface area contributed by atoms with Gasteiger partial charge in [0.2, 0.25) is 0 Å². The van der Waals surface area contributed by atoms with Crippen molar-refractivity contribution in [1.82, 2.24) is 0 Å². The molecule has 4 atom stereocenters. The largest absolute Gasteiger partial charge is 0.497 e. The number of aliphatic hydroxyl groups is 1. The molecule has 1 N–H and O–H groups in total. The topological polar surface area (TPSA) is 80.7 Å². The number of carbonyl (C=O) groups is 3. The minimum atomic E-state index is -1.47. The van der Waals surface area contributed by atoms with Gasteiger partial charge in [-0.1, -0.05) is 12.1 Å². The Bertz CT molecular complexity index is 647. The molecule has 1 aliphatic carbocycles. The number of hydrogen-bond acceptors (Lipinski definition) is 5. The van der Waals surface area contributed by atoms with E-state index >= 15 is 0 Å². The van der Waals surface area contributed by atoms with E-state index in [2.05, 4.69) is 0 Å². The second-order valence-corrected chi connectivity index (χ2v) is 6.48. The summed E-state index contributed by atoms with van der Waals surface area (Å²) in [5.74, 6) is -2.70. The van der Waals surface area contributed by atoms with E-state index in [1.54, 1.807) is 24.3 Å². The van der Waals surface area contributed by atoms with E-state index < -0.39 is 23.4 Å². The van der Waals surface area contributed by atoms with Gasteiger partial charge in [0.1, 0.15) is 23.1 Å². The lowest BCUT2D eigenvalue weighted by atomic mass is 9.60. The number of carbonyl (C=O) groups excluding carboxylic acids is 3. The molecule has 5 heteroatoms. The van der Waals surface area contributed by atoms with Gasteiger partial charge in [-0.3, -0.25) is 14.4 Å². The van der Waals surface area contributed by atoms with Gasteiger partial charge in [-0.25, -0.2) is 0 Å². The highest BCUT2D eigenvalue weighted by molar-refractivity contribution is 6.05. The van der Waals surface area contributed by atoms with Crippen molar-refractivity contribution in [1.29, 1.82) is 0 Å². The van der Waals surface area contributed by atoms with Crippen LogP contribution in [0.1, 0.15) is 38.7 Å². The van der Waals surface area contributed by atoms with Crippen LogP contribution in [0.5, 0.6) is 5.75 Å². The molecule has 0 amide bonds. The van der Waals surface area contributed by atoms with E-state index in [1.165, 1.54) is 27.9 Å². The predicted molar refractivity (Wildman–Crippen MR) is 84.3 cm³/mol. The fourth-order valence-electron chi connectivity index (χ4n) is 3.76. The first kappa shape index (κ1) is 17.3. The first-order valence-electron chi connectivity index (χ1n) is 7.59. The zero-order valence-electron chi connectivity index (χ0n) is 13.8. The second kappa shape index (κ2) is 6.24. The zero-order chi connectivity index (χ0) is 17.4. The van der Waals surface area contributed by atoms with E-state index in [1.807, 2.05) is 0 Å². The molecule has 124 valence electrons. The Morgan fingerprint density at radius 2 is 1.91 bits per heavy atom. The Hall–Kier alpha value is -2.01. The first-order valence-corrected chi connectivity index (χ1v) is 7.59. The first-order chi connectivity index (χ1) is 10.7. The third kappa shape index (κ3) is 3.20. The van der Waals surface area contributed by atoms with Crippen LogP contribution in [-0.2, 0) is 14.4 Å². The molecular formula is C18H22O5. The molecule has 23 heavy (non-hydrogen) atoms. The normalized spacial score (nSPS) is 30.8. The van der Waals surface area contributed by atoms with Crippen LogP contribution in [-0.4, -0.2) is 35.2 Å². The van der Waals surface area contributed by atoms with Gasteiger partial charge in [-0.15, -0.1) is 0 Å². The molecule has 1 aromatic carbocycles. The maximum atomic E-state index is 12.4. The Labute approximate surface area is 135 Å². The predicted octanol–water partition coefficient (Wildman–Crippen LogP) is 1.91. The molecular weight excluding hydrogens is 296 g/mol. The SMILES string of the molecule is COc1cccc([C@H]2[C@@H](C(C)=O)C(=O)C[C@@](C)(O)[C@@H]2C(C)=O)c1. The lowest BCUT2D eigenvalue weighted by Crippen LogP contribution is -2.53. The molecule has 1 aromatic rings. The van der Waals surface area contributed by atoms with Crippen molar-refractivity contribution < 1.29 is 24.2 Å². The molecule has 0 unspecified atom stereocenters. The number of ether oxygens (including phenoxy) is 1. The van der Waals surface area contributed by atoms with Gasteiger partial charge in [-0.05, 0) is 38.5 Å². The van der Waals surface area contributed by atoms with E-state index in [0.717, 1.165) is 0 Å². The number of rotatable bonds is 4. The maximum Gasteiger partial charge on any atom is 0.146 e. The maximum absolute atomic E-state index is 12.4. The quantitative estimate of drug-likeness (QED) is 0.858. The van der Waals surface area contributed by atoms with E-state index in [4.69, 9.17) is 4.74 Å². The fourth-order valence-corrected chi connectivity index (χ4v) is 3.76. The van der Waals surface area contributed by atoms with Gasteiger partial charge in [0, 0.05) is 12.3 Å². The minimum Gasteiger partial charge on any atom is -0.497 e. The average molecular weight is 318 g/mol. The highest BCUT2D eigenvalue weighted by Crippen LogP contribution is 2.46. The zero-order valence-corrected chi connectivity index (χ0v) is 13.8. The Morgan fingerprint density at radius 3 is 2.43 bits per heavy atom. The summed E-state index contributed by atoms with van der Waals surface area (Å²) < 4.78 is 5.20. The highest BCUT2D eigenvalue weighted by atomic mass is 16.5. The van der Waals surface area contributed by atoms with Crippen LogP contribution in [0.2, 0.25) is 0 Å². The third-order valence-electron chi connectivity index (χ3n) is 4.62. The van der Waals surface area contributed by atoms with Crippen LogP contribution >= 0.6 is 0 Å². The van der Waals surface area contributed by atoms with Crippen LogP contribution in [0.4, 0.5) is 0 Å². The van der Waals surface area contributed by atoms with Gasteiger partial charge in [0.15, 0.2) is 0 Å². The summed E-state index contributed by atoms with van der Waals surface area (Å²) in [6.45, 7) is 4.23. The van der Waals surface area contributed by atoms with Crippen molar-refractivity contribution in [3.63, 3.8) is 0 Å². The smallest absolute Gasteiger partial charge is 0.146 e. The van der Waals surface area contributed by atoms with Crippen LogP contribution in [0, 0.1) is 11.8 Å². The van der Waals surface area contributed by atoms with Gasteiger partial charge in [-0.2, -0.15) is 0 Å². The summed E-state index contributed by atoms with van der Waals surface area (Å²) in [5, 5.41) is 10.6. The molecule has 1 aliphatic rings. The molecule has 1 fully saturated rings. The summed E-state index contributed by atoms with van der Waals surface area (Å²) in [5.41, 5.74) is -0.819. The van der Waals surface area contributed by atoms with Crippen molar-refractivity contribution >= 4 is 17.3 Å². The van der Waals surface area contributed by atoms with Gasteiger partial charge in [0.05, 0.1) is 24.5 Å². The molecule has 0 aromatic heterocycles. The highest BCUT2D eigenvalue weighted by Gasteiger charge is 2.53. The summed E-state index contributed by atoms with van der Waals surface area (Å²) in [6.07, 6.45) is -0.192. The number of ketones is 3. The number of benzene rings is 1. The van der Waals surface area contributed by atoms with Crippen molar-refractivity contribution in [3.8, 4) is 5.75 Å². The van der Waals surface area contributed by atoms with Crippen LogP contribution in [0.3, 0.4) is 0 Å². The summed E-state index contributed by atoms with van der Waals surface area (Å²) in [4.78, 5) is 36.7. The number of methoxy groups -OCH3 is 1. The molecule has 2 rings (SSSR count). The Balaban J connectivity index is 2.64. The lowest BCUT2D eigenvalue weighted by Gasteiger charge is -2.44. The van der Waals surface area contributed by atoms with E-state index in [-0.39, 0.29) is 23.8 Å². The molecule has 0 bridgehead atoms. The Kier molecular flexibility index (Phi) is 4.71. The van der Waals surface area contributed by atoms with Gasteiger partial charge in [0.25, 0.3) is 0 Å². The summed E-state index contributed by atoms with van der Waals surface area (Å²) in [6, 6.07) is 6.97. The molecule has 0 heterocycles. The van der Waals surface area contributed by atoms with Crippen LogP contribution in [0.15, 0.2) is 24.3 Å². The molecule has 5 nitrogen and oxygen atoms in total. The molecule has 0 radical (unpaired) electrons.